The van der Waals surface area contributed by atoms with Crippen LogP contribution in [0, 0.1) is 0 Å². The number of hydrogen-bond acceptors (Lipinski definition) is 4. The van der Waals surface area contributed by atoms with Crippen LogP contribution in [0.1, 0.15) is 20.7 Å². The van der Waals surface area contributed by atoms with E-state index >= 15 is 0 Å². The highest BCUT2D eigenvalue weighted by Gasteiger charge is 2.33. The number of carbonyl (C=O) groups is 2. The number of sulfonamides is 1. The Kier molecular flexibility index (Phi) is 4.21. The Bertz CT molecular complexity index is 995. The van der Waals surface area contributed by atoms with Gasteiger partial charge in [-0.3, -0.25) is 14.3 Å². The van der Waals surface area contributed by atoms with E-state index in [0.717, 1.165) is 0 Å². The molecule has 0 fully saturated rings. The molecule has 0 amide bonds. The molecule has 0 spiro atoms. The summed E-state index contributed by atoms with van der Waals surface area (Å²) in [5.41, 5.74) is -0.224. The summed E-state index contributed by atoms with van der Waals surface area (Å²) in [6.45, 7) is 0. The number of allylic oxidation sites excluding steroid dienone is 2. The number of rotatable bonds is 3. The lowest BCUT2D eigenvalue weighted by Gasteiger charge is -2.18. The van der Waals surface area contributed by atoms with E-state index in [1.165, 1.54) is 36.4 Å². The van der Waals surface area contributed by atoms with Gasteiger partial charge in [0.2, 0.25) is 11.6 Å². The van der Waals surface area contributed by atoms with E-state index in [4.69, 9.17) is 23.2 Å². The largest absolute Gasteiger partial charge is 0.287 e. The minimum atomic E-state index is -4.09. The first kappa shape index (κ1) is 16.7. The lowest BCUT2D eigenvalue weighted by atomic mass is 9.93. The van der Waals surface area contributed by atoms with Gasteiger partial charge >= 0.3 is 0 Å². The number of fused-ring (bicyclic) bond motifs is 1. The van der Waals surface area contributed by atoms with E-state index < -0.39 is 32.3 Å². The fourth-order valence-electron chi connectivity index (χ4n) is 2.24. The van der Waals surface area contributed by atoms with Crippen LogP contribution < -0.4 is 4.72 Å². The summed E-state index contributed by atoms with van der Waals surface area (Å²) >= 11 is 11.7. The Hall–Kier alpha value is -2.15. The molecule has 24 heavy (non-hydrogen) atoms. The molecule has 8 heteroatoms. The summed E-state index contributed by atoms with van der Waals surface area (Å²) in [5, 5.41) is -0.0970. The third-order valence-corrected chi connectivity index (χ3v) is 5.40. The summed E-state index contributed by atoms with van der Waals surface area (Å²) in [5.74, 6) is -1.27. The highest BCUT2D eigenvalue weighted by Crippen LogP contribution is 2.28. The molecule has 0 aromatic heterocycles. The van der Waals surface area contributed by atoms with Gasteiger partial charge < -0.3 is 0 Å². The average molecular weight is 382 g/mol. The maximum atomic E-state index is 12.5. The summed E-state index contributed by atoms with van der Waals surface area (Å²) in [6.07, 6.45) is 0. The number of halogens is 2. The molecule has 0 unspecified atom stereocenters. The third-order valence-electron chi connectivity index (χ3n) is 3.42. The lowest BCUT2D eigenvalue weighted by molar-refractivity contribution is 0.0977. The normalized spacial score (nSPS) is 14.6. The smallest absolute Gasteiger partial charge is 0.262 e. The number of hydrogen-bond donors (Lipinski definition) is 1. The van der Waals surface area contributed by atoms with Crippen LogP contribution in [-0.2, 0) is 10.0 Å². The van der Waals surface area contributed by atoms with Crippen LogP contribution in [0.4, 0.5) is 0 Å². The van der Waals surface area contributed by atoms with Gasteiger partial charge in [-0.15, -0.1) is 0 Å². The van der Waals surface area contributed by atoms with E-state index in [-0.39, 0.29) is 16.0 Å². The monoisotopic (exact) mass is 381 g/mol. The predicted molar refractivity (Wildman–Crippen MR) is 89.8 cm³/mol. The lowest BCUT2D eigenvalue weighted by Crippen LogP contribution is -2.33. The van der Waals surface area contributed by atoms with E-state index in [1.54, 1.807) is 12.1 Å². The van der Waals surface area contributed by atoms with Crippen LogP contribution in [0.2, 0.25) is 5.02 Å². The number of carbonyl (C=O) groups excluding carboxylic acids is 2. The van der Waals surface area contributed by atoms with Crippen LogP contribution in [0.3, 0.4) is 0 Å². The summed E-state index contributed by atoms with van der Waals surface area (Å²) in [4.78, 5) is 24.6. The molecule has 2 aromatic rings. The Morgan fingerprint density at radius 2 is 1.33 bits per heavy atom. The second-order valence-electron chi connectivity index (χ2n) is 4.95. The topological polar surface area (TPSA) is 80.3 Å². The number of nitrogens with one attached hydrogen (secondary N) is 1. The standard InChI is InChI=1S/C16H9Cl2NO4S/c17-9-5-7-10(8-6-9)24(22,23)19-14-13(18)15(20)11-3-1-2-4-12(11)16(14)21/h1-8,19H. The van der Waals surface area contributed by atoms with E-state index in [9.17, 15) is 18.0 Å². The molecule has 5 nitrogen and oxygen atoms in total. The molecule has 3 rings (SSSR count). The van der Waals surface area contributed by atoms with Crippen molar-refractivity contribution in [1.82, 2.24) is 4.72 Å². The molecule has 1 aliphatic carbocycles. The van der Waals surface area contributed by atoms with Crippen molar-refractivity contribution in [3.8, 4) is 0 Å². The van der Waals surface area contributed by atoms with Crippen LogP contribution >= 0.6 is 23.2 Å². The molecule has 0 aliphatic heterocycles. The minimum Gasteiger partial charge on any atom is -0.287 e. The zero-order chi connectivity index (χ0) is 17.5. The van der Waals surface area contributed by atoms with Crippen molar-refractivity contribution in [2.24, 2.45) is 0 Å². The van der Waals surface area contributed by atoms with Gasteiger partial charge in [-0.25, -0.2) is 8.42 Å². The van der Waals surface area contributed by atoms with Crippen molar-refractivity contribution in [3.63, 3.8) is 0 Å². The van der Waals surface area contributed by atoms with Crippen molar-refractivity contribution < 1.29 is 18.0 Å². The fourth-order valence-corrected chi connectivity index (χ4v) is 3.74. The minimum absolute atomic E-state index is 0.0979. The number of benzene rings is 2. The Morgan fingerprint density at radius 1 is 0.792 bits per heavy atom. The van der Waals surface area contributed by atoms with Crippen molar-refractivity contribution in [3.05, 3.63) is 75.4 Å². The van der Waals surface area contributed by atoms with E-state index in [2.05, 4.69) is 4.72 Å². The average Bonchev–Trinajstić information content (AvgIpc) is 2.57. The molecule has 1 N–H and O–H groups in total. The predicted octanol–water partition coefficient (Wildman–Crippen LogP) is 3.15. The maximum absolute atomic E-state index is 12.5. The Balaban J connectivity index is 2.03. The van der Waals surface area contributed by atoms with Crippen molar-refractivity contribution in [2.75, 3.05) is 0 Å². The molecule has 1 aliphatic rings. The van der Waals surface area contributed by atoms with Gasteiger partial charge in [-0.1, -0.05) is 47.5 Å². The molecule has 2 aromatic carbocycles. The van der Waals surface area contributed by atoms with Crippen molar-refractivity contribution >= 4 is 44.8 Å². The molecular formula is C16H9Cl2NO4S. The van der Waals surface area contributed by atoms with Gasteiger partial charge in [0, 0.05) is 16.1 Å². The Labute approximate surface area is 147 Å². The maximum Gasteiger partial charge on any atom is 0.262 e. The summed E-state index contributed by atoms with van der Waals surface area (Å²) in [7, 11) is -4.09. The Morgan fingerprint density at radius 3 is 1.92 bits per heavy atom. The van der Waals surface area contributed by atoms with Crippen LogP contribution in [0.5, 0.6) is 0 Å². The van der Waals surface area contributed by atoms with Crippen LogP contribution in [0.25, 0.3) is 0 Å². The highest BCUT2D eigenvalue weighted by atomic mass is 35.5. The van der Waals surface area contributed by atoms with E-state index in [0.29, 0.717) is 5.02 Å². The van der Waals surface area contributed by atoms with Crippen molar-refractivity contribution in [2.45, 2.75) is 4.90 Å². The first-order valence-corrected chi connectivity index (χ1v) is 8.92. The van der Waals surface area contributed by atoms with Gasteiger partial charge in [-0.2, -0.15) is 0 Å². The van der Waals surface area contributed by atoms with E-state index in [1.807, 2.05) is 0 Å². The third kappa shape index (κ3) is 2.84. The van der Waals surface area contributed by atoms with Gasteiger partial charge in [0.25, 0.3) is 10.0 Å². The number of ketones is 2. The van der Waals surface area contributed by atoms with Gasteiger partial charge in [-0.05, 0) is 24.3 Å². The zero-order valence-electron chi connectivity index (χ0n) is 11.9. The molecule has 0 heterocycles. The zero-order valence-corrected chi connectivity index (χ0v) is 14.2. The highest BCUT2D eigenvalue weighted by molar-refractivity contribution is 7.89. The summed E-state index contributed by atoms with van der Waals surface area (Å²) < 4.78 is 26.9. The molecule has 0 radical (unpaired) electrons. The van der Waals surface area contributed by atoms with Gasteiger partial charge in [0.15, 0.2) is 0 Å². The van der Waals surface area contributed by atoms with Crippen molar-refractivity contribution in [1.29, 1.82) is 0 Å². The van der Waals surface area contributed by atoms with Gasteiger partial charge in [0.1, 0.15) is 10.7 Å². The fraction of sp³-hybridized carbons (Fsp3) is 0. The SMILES string of the molecule is O=C1C(Cl)=C(NS(=O)(=O)c2ccc(Cl)cc2)C(=O)c2ccccc21. The quantitative estimate of drug-likeness (QED) is 0.885. The molecule has 0 atom stereocenters. The molecule has 0 saturated heterocycles. The first-order chi connectivity index (χ1) is 11.3. The second kappa shape index (κ2) is 6.05. The molecule has 0 saturated carbocycles. The molecule has 0 bridgehead atoms. The van der Waals surface area contributed by atoms with Crippen LogP contribution in [-0.4, -0.2) is 20.0 Å². The van der Waals surface area contributed by atoms with Gasteiger partial charge in [0.05, 0.1) is 4.90 Å². The second-order valence-corrected chi connectivity index (χ2v) is 7.45. The first-order valence-electron chi connectivity index (χ1n) is 6.68. The molecular weight excluding hydrogens is 373 g/mol. The van der Waals surface area contributed by atoms with Crippen LogP contribution in [0.15, 0.2) is 64.2 Å². The number of Topliss-reactive ketones (excluding diaryl/α,β-unsaturated/α-hetero) is 2. The summed E-state index contributed by atoms with van der Waals surface area (Å²) in [6, 6.07) is 11.4. The molecule has 122 valence electrons.